The summed E-state index contributed by atoms with van der Waals surface area (Å²) in [5, 5.41) is 0.0983. The Morgan fingerprint density at radius 1 is 1.14 bits per heavy atom. The van der Waals surface area contributed by atoms with E-state index in [2.05, 4.69) is 66.5 Å². The van der Waals surface area contributed by atoms with Crippen molar-refractivity contribution < 1.29 is 8.78 Å². The smallest absolute Gasteiger partial charge is 0.245 e. The standard InChI is InChI=1S/C15H36NO2PSSi/c1-13(2)16(14(3)4)11-12-20-19(8,17)18-21(9,10)15(5,6)7/h13-14H,11-12H2,1-10H3. The molecule has 0 fully saturated rings. The van der Waals surface area contributed by atoms with E-state index in [1.165, 1.54) is 11.4 Å². The maximum absolute atomic E-state index is 12.8. The molecule has 0 aliphatic carbocycles. The minimum atomic E-state index is -2.58. The molecule has 128 valence electrons. The van der Waals surface area contributed by atoms with Crippen LogP contribution in [-0.4, -0.2) is 44.3 Å². The Balaban J connectivity index is 4.54. The van der Waals surface area contributed by atoms with Crippen molar-refractivity contribution in [2.45, 2.75) is 78.7 Å². The number of nitrogens with zero attached hydrogens (tertiary/aromatic N) is 1. The summed E-state index contributed by atoms with van der Waals surface area (Å²) >= 11 is 1.51. The maximum atomic E-state index is 12.8. The molecule has 0 rings (SSSR count). The number of hydrogen-bond donors (Lipinski definition) is 0. The van der Waals surface area contributed by atoms with Gasteiger partial charge in [-0.05, 0) is 45.8 Å². The van der Waals surface area contributed by atoms with Crippen LogP contribution in [0.4, 0.5) is 0 Å². The van der Waals surface area contributed by atoms with Gasteiger partial charge in [0.25, 0.3) is 0 Å². The Bertz CT molecular complexity index is 359. The molecule has 0 bridgehead atoms. The minimum absolute atomic E-state index is 0.0983. The fourth-order valence-corrected chi connectivity index (χ4v) is 10.6. The Hall–Kier alpha value is 0.717. The summed E-state index contributed by atoms with van der Waals surface area (Å²) in [6.07, 6.45) is 0. The van der Waals surface area contributed by atoms with Crippen molar-refractivity contribution in [3.63, 3.8) is 0 Å². The van der Waals surface area contributed by atoms with Crippen molar-refractivity contribution in [3.05, 3.63) is 0 Å². The van der Waals surface area contributed by atoms with Gasteiger partial charge >= 0.3 is 0 Å². The molecule has 0 aromatic rings. The molecule has 0 aromatic heterocycles. The van der Waals surface area contributed by atoms with Crippen molar-refractivity contribution in [2.75, 3.05) is 19.0 Å². The van der Waals surface area contributed by atoms with E-state index in [0.29, 0.717) is 12.1 Å². The first-order valence-corrected chi connectivity index (χ1v) is 14.5. The Labute approximate surface area is 137 Å². The van der Waals surface area contributed by atoms with Crippen molar-refractivity contribution in [1.82, 2.24) is 4.90 Å². The van der Waals surface area contributed by atoms with Crippen molar-refractivity contribution >= 4 is 26.3 Å². The second-order valence-corrected chi connectivity index (χ2v) is 18.1. The van der Waals surface area contributed by atoms with Crippen LogP contribution in [0, 0.1) is 0 Å². The van der Waals surface area contributed by atoms with E-state index in [-0.39, 0.29) is 5.04 Å². The molecule has 1 unspecified atom stereocenters. The summed E-state index contributed by atoms with van der Waals surface area (Å²) in [5.41, 5.74) is 0. The second kappa shape index (κ2) is 8.01. The fourth-order valence-electron chi connectivity index (χ4n) is 2.00. The molecule has 0 aliphatic heterocycles. The normalized spacial score (nSPS) is 16.8. The predicted molar refractivity (Wildman–Crippen MR) is 101 cm³/mol. The van der Waals surface area contributed by atoms with Gasteiger partial charge in [0.05, 0.1) is 0 Å². The van der Waals surface area contributed by atoms with Gasteiger partial charge in [-0.3, -0.25) is 9.46 Å². The fraction of sp³-hybridized carbons (Fsp3) is 1.00. The van der Waals surface area contributed by atoms with Crippen LogP contribution in [0.5, 0.6) is 0 Å². The highest BCUT2D eigenvalue weighted by atomic mass is 32.7. The Kier molecular flexibility index (Phi) is 8.28. The van der Waals surface area contributed by atoms with Crippen LogP contribution in [0.3, 0.4) is 0 Å². The van der Waals surface area contributed by atoms with E-state index in [1.807, 2.05) is 0 Å². The third kappa shape index (κ3) is 7.69. The number of rotatable bonds is 8. The lowest BCUT2D eigenvalue weighted by Gasteiger charge is -2.38. The molecule has 6 heteroatoms. The zero-order valence-corrected chi connectivity index (χ0v) is 18.4. The third-order valence-corrected chi connectivity index (χ3v) is 14.4. The van der Waals surface area contributed by atoms with Gasteiger partial charge in [0.1, 0.15) is 0 Å². The largest absolute Gasteiger partial charge is 0.362 e. The number of hydrogen-bond acceptors (Lipinski definition) is 4. The Morgan fingerprint density at radius 3 is 1.90 bits per heavy atom. The lowest BCUT2D eigenvalue weighted by molar-refractivity contribution is 0.187. The van der Waals surface area contributed by atoms with E-state index in [1.54, 1.807) is 6.66 Å². The first-order chi connectivity index (χ1) is 9.19. The van der Waals surface area contributed by atoms with E-state index in [4.69, 9.17) is 4.21 Å². The quantitative estimate of drug-likeness (QED) is 0.414. The topological polar surface area (TPSA) is 29.5 Å². The molecule has 0 aliphatic rings. The summed E-state index contributed by atoms with van der Waals surface area (Å²) in [6, 6.07) is 1.03. The van der Waals surface area contributed by atoms with E-state index >= 15 is 0 Å². The molecule has 0 saturated carbocycles. The van der Waals surface area contributed by atoms with E-state index in [0.717, 1.165) is 12.3 Å². The molecule has 0 heterocycles. The van der Waals surface area contributed by atoms with E-state index in [9.17, 15) is 4.57 Å². The van der Waals surface area contributed by atoms with Crippen molar-refractivity contribution in [3.8, 4) is 0 Å². The van der Waals surface area contributed by atoms with Gasteiger partial charge in [-0.2, -0.15) is 0 Å². The van der Waals surface area contributed by atoms with Gasteiger partial charge in [0.2, 0.25) is 14.9 Å². The zero-order chi connectivity index (χ0) is 17.1. The molecule has 0 N–H and O–H groups in total. The van der Waals surface area contributed by atoms with Crippen LogP contribution < -0.4 is 0 Å². The summed E-state index contributed by atoms with van der Waals surface area (Å²) in [6.45, 7) is 19.9. The van der Waals surface area contributed by atoms with Crippen LogP contribution in [0.25, 0.3) is 0 Å². The summed E-state index contributed by atoms with van der Waals surface area (Å²) in [5.74, 6) is 0.860. The SMILES string of the molecule is CC(C)N(CCSP(C)(=O)O[Si](C)(C)C(C)(C)C)C(C)C. The Morgan fingerprint density at radius 2 is 1.57 bits per heavy atom. The lowest BCUT2D eigenvalue weighted by Crippen LogP contribution is -2.40. The minimum Gasteiger partial charge on any atom is -0.362 e. The predicted octanol–water partition coefficient (Wildman–Crippen LogP) is 5.68. The van der Waals surface area contributed by atoms with Crippen LogP contribution in [-0.2, 0) is 8.78 Å². The highest BCUT2D eigenvalue weighted by Gasteiger charge is 2.41. The molecule has 0 spiro atoms. The molecule has 0 saturated heterocycles. The maximum Gasteiger partial charge on any atom is 0.245 e. The third-order valence-electron chi connectivity index (χ3n) is 4.20. The molecule has 0 amide bonds. The van der Waals surface area contributed by atoms with E-state index < -0.39 is 14.9 Å². The first-order valence-electron chi connectivity index (χ1n) is 7.88. The van der Waals surface area contributed by atoms with Gasteiger partial charge in [-0.15, -0.1) is 0 Å². The molecular formula is C15H36NO2PSSi. The summed E-state index contributed by atoms with van der Waals surface area (Å²) < 4.78 is 18.9. The first kappa shape index (κ1) is 21.7. The highest BCUT2D eigenvalue weighted by molar-refractivity contribution is 8.56. The molecule has 3 nitrogen and oxygen atoms in total. The van der Waals surface area contributed by atoms with Crippen LogP contribution in [0.15, 0.2) is 0 Å². The average molecular weight is 354 g/mol. The van der Waals surface area contributed by atoms with Crippen LogP contribution in [0.1, 0.15) is 48.5 Å². The molecular weight excluding hydrogens is 317 g/mol. The summed E-state index contributed by atoms with van der Waals surface area (Å²) in [7, 11) is -1.96. The monoisotopic (exact) mass is 353 g/mol. The summed E-state index contributed by atoms with van der Waals surface area (Å²) in [4.78, 5) is 2.43. The molecule has 21 heavy (non-hydrogen) atoms. The molecule has 1 atom stereocenters. The lowest BCUT2D eigenvalue weighted by atomic mass is 10.2. The van der Waals surface area contributed by atoms with Crippen LogP contribution >= 0.6 is 18.0 Å². The van der Waals surface area contributed by atoms with Gasteiger partial charge < -0.3 is 4.21 Å². The average Bonchev–Trinajstić information content (AvgIpc) is 2.19. The van der Waals surface area contributed by atoms with Crippen LogP contribution in [0.2, 0.25) is 18.1 Å². The molecule has 0 aromatic carbocycles. The highest BCUT2D eigenvalue weighted by Crippen LogP contribution is 2.60. The van der Waals surface area contributed by atoms with Crippen molar-refractivity contribution in [2.24, 2.45) is 0 Å². The van der Waals surface area contributed by atoms with Gasteiger partial charge in [-0.1, -0.05) is 32.2 Å². The molecule has 0 radical (unpaired) electrons. The van der Waals surface area contributed by atoms with Gasteiger partial charge in [0.15, 0.2) is 0 Å². The van der Waals surface area contributed by atoms with Crippen molar-refractivity contribution in [1.29, 1.82) is 0 Å². The van der Waals surface area contributed by atoms with Gasteiger partial charge in [-0.25, -0.2) is 0 Å². The zero-order valence-electron chi connectivity index (χ0n) is 15.7. The van der Waals surface area contributed by atoms with Gasteiger partial charge in [0, 0.05) is 31.0 Å². The second-order valence-electron chi connectivity index (χ2n) is 7.88.